The summed E-state index contributed by atoms with van der Waals surface area (Å²) in [5.41, 5.74) is 3.41. The fraction of sp³-hybridized carbons (Fsp3) is 0.333. The van der Waals surface area contributed by atoms with E-state index in [0.717, 1.165) is 48.8 Å². The minimum absolute atomic E-state index is 0.235. The third-order valence-corrected chi connectivity index (χ3v) is 6.05. The molecule has 26 heavy (non-hydrogen) atoms. The molecule has 134 valence electrons. The summed E-state index contributed by atoms with van der Waals surface area (Å²) < 4.78 is 1.24. The Hall–Kier alpha value is -2.24. The summed E-state index contributed by atoms with van der Waals surface area (Å²) in [6.07, 6.45) is 0.505. The second-order valence-corrected chi connectivity index (χ2v) is 7.95. The molecule has 0 bridgehead atoms. The standard InChI is InChI=1S/C21H23N3OS/c1-16-6-2-3-7-17(16)14-21(25)24-12-10-23(11-13-24)15-20-22-18-8-4-5-9-19(18)26-20/h2-9H,10-15H2,1H3. The second kappa shape index (κ2) is 7.56. The molecule has 0 N–H and O–H groups in total. The van der Waals surface area contributed by atoms with Gasteiger partial charge in [0.25, 0.3) is 0 Å². The first-order chi connectivity index (χ1) is 12.7. The Bertz CT molecular complexity index is 879. The molecule has 5 heteroatoms. The van der Waals surface area contributed by atoms with Gasteiger partial charge >= 0.3 is 0 Å². The van der Waals surface area contributed by atoms with Crippen molar-refractivity contribution in [3.8, 4) is 0 Å². The number of carbonyl (C=O) groups excluding carboxylic acids is 1. The molecule has 0 radical (unpaired) electrons. The van der Waals surface area contributed by atoms with Gasteiger partial charge < -0.3 is 4.90 Å². The van der Waals surface area contributed by atoms with Crippen LogP contribution in [0.4, 0.5) is 0 Å². The molecule has 1 saturated heterocycles. The molecule has 4 rings (SSSR count). The topological polar surface area (TPSA) is 36.4 Å². The summed E-state index contributed by atoms with van der Waals surface area (Å²) in [6.45, 7) is 6.37. The molecule has 1 aromatic heterocycles. The van der Waals surface area contributed by atoms with Crippen molar-refractivity contribution < 1.29 is 4.79 Å². The average Bonchev–Trinajstić information content (AvgIpc) is 3.06. The third kappa shape index (κ3) is 3.79. The van der Waals surface area contributed by atoms with Crippen molar-refractivity contribution in [2.75, 3.05) is 26.2 Å². The molecular weight excluding hydrogens is 342 g/mol. The number of carbonyl (C=O) groups is 1. The number of thiazole rings is 1. The van der Waals surface area contributed by atoms with Crippen LogP contribution in [-0.2, 0) is 17.8 Å². The highest BCUT2D eigenvalue weighted by Crippen LogP contribution is 2.23. The van der Waals surface area contributed by atoms with Crippen LogP contribution >= 0.6 is 11.3 Å². The highest BCUT2D eigenvalue weighted by molar-refractivity contribution is 7.18. The van der Waals surface area contributed by atoms with Gasteiger partial charge in [-0.3, -0.25) is 9.69 Å². The van der Waals surface area contributed by atoms with Gasteiger partial charge in [0, 0.05) is 26.2 Å². The molecule has 4 nitrogen and oxygen atoms in total. The largest absolute Gasteiger partial charge is 0.340 e. The number of hydrogen-bond donors (Lipinski definition) is 0. The van der Waals surface area contributed by atoms with Crippen LogP contribution in [0.5, 0.6) is 0 Å². The molecule has 0 spiro atoms. The number of amides is 1. The van der Waals surface area contributed by atoms with E-state index in [1.807, 2.05) is 23.1 Å². The lowest BCUT2D eigenvalue weighted by Crippen LogP contribution is -2.48. The second-order valence-electron chi connectivity index (χ2n) is 6.84. The van der Waals surface area contributed by atoms with Gasteiger partial charge in [0.15, 0.2) is 0 Å². The van der Waals surface area contributed by atoms with Crippen molar-refractivity contribution >= 4 is 27.5 Å². The van der Waals surface area contributed by atoms with Crippen LogP contribution < -0.4 is 0 Å². The van der Waals surface area contributed by atoms with E-state index in [1.54, 1.807) is 11.3 Å². The van der Waals surface area contributed by atoms with E-state index in [9.17, 15) is 4.79 Å². The third-order valence-electron chi connectivity index (χ3n) is 5.02. The summed E-state index contributed by atoms with van der Waals surface area (Å²) in [4.78, 5) is 21.7. The Morgan fingerprint density at radius 2 is 1.77 bits per heavy atom. The normalized spacial score (nSPS) is 15.5. The zero-order chi connectivity index (χ0) is 17.9. The number of hydrogen-bond acceptors (Lipinski definition) is 4. The van der Waals surface area contributed by atoms with Crippen molar-refractivity contribution in [3.05, 3.63) is 64.7 Å². The van der Waals surface area contributed by atoms with Crippen LogP contribution in [0.25, 0.3) is 10.2 Å². The zero-order valence-electron chi connectivity index (χ0n) is 15.0. The van der Waals surface area contributed by atoms with Gasteiger partial charge in [-0.2, -0.15) is 0 Å². The fourth-order valence-electron chi connectivity index (χ4n) is 3.42. The van der Waals surface area contributed by atoms with E-state index < -0.39 is 0 Å². The first-order valence-electron chi connectivity index (χ1n) is 9.08. The lowest BCUT2D eigenvalue weighted by atomic mass is 10.1. The quantitative estimate of drug-likeness (QED) is 0.710. The van der Waals surface area contributed by atoms with Gasteiger partial charge in [-0.15, -0.1) is 11.3 Å². The molecule has 0 unspecified atom stereocenters. The van der Waals surface area contributed by atoms with Crippen molar-refractivity contribution in [2.24, 2.45) is 0 Å². The van der Waals surface area contributed by atoms with Crippen molar-refractivity contribution in [1.29, 1.82) is 0 Å². The summed E-state index contributed by atoms with van der Waals surface area (Å²) in [5.74, 6) is 0.235. The molecule has 2 heterocycles. The van der Waals surface area contributed by atoms with Crippen molar-refractivity contribution in [1.82, 2.24) is 14.8 Å². The van der Waals surface area contributed by atoms with Crippen molar-refractivity contribution in [3.63, 3.8) is 0 Å². The van der Waals surface area contributed by atoms with Crippen LogP contribution in [0.1, 0.15) is 16.1 Å². The van der Waals surface area contributed by atoms with Gasteiger partial charge in [-0.05, 0) is 30.2 Å². The lowest BCUT2D eigenvalue weighted by Gasteiger charge is -2.34. The Balaban J connectivity index is 1.32. The van der Waals surface area contributed by atoms with Gasteiger partial charge in [0.1, 0.15) is 5.01 Å². The van der Waals surface area contributed by atoms with E-state index in [-0.39, 0.29) is 5.91 Å². The molecule has 2 aromatic carbocycles. The molecule has 1 amide bonds. The number of nitrogens with zero attached hydrogens (tertiary/aromatic N) is 3. The molecule has 1 fully saturated rings. The molecule has 3 aromatic rings. The number of rotatable bonds is 4. The summed E-state index contributed by atoms with van der Waals surface area (Å²) >= 11 is 1.77. The predicted octanol–water partition coefficient (Wildman–Crippen LogP) is 3.49. The Morgan fingerprint density at radius 1 is 1.04 bits per heavy atom. The molecule has 0 saturated carbocycles. The number of fused-ring (bicyclic) bond motifs is 1. The van der Waals surface area contributed by atoms with Crippen LogP contribution in [0.3, 0.4) is 0 Å². The van der Waals surface area contributed by atoms with Gasteiger partial charge in [0.2, 0.25) is 5.91 Å². The SMILES string of the molecule is Cc1ccccc1CC(=O)N1CCN(Cc2nc3ccccc3s2)CC1. The van der Waals surface area contributed by atoms with Crippen LogP contribution in [0.2, 0.25) is 0 Å². The summed E-state index contributed by atoms with van der Waals surface area (Å²) in [7, 11) is 0. The first kappa shape index (κ1) is 17.2. The number of aryl methyl sites for hydroxylation is 1. The zero-order valence-corrected chi connectivity index (χ0v) is 15.8. The van der Waals surface area contributed by atoms with Crippen LogP contribution in [-0.4, -0.2) is 46.9 Å². The van der Waals surface area contributed by atoms with Crippen LogP contribution in [0.15, 0.2) is 48.5 Å². The number of piperazine rings is 1. The molecule has 0 atom stereocenters. The fourth-order valence-corrected chi connectivity index (χ4v) is 4.43. The Kier molecular flexibility index (Phi) is 5.00. The monoisotopic (exact) mass is 365 g/mol. The minimum atomic E-state index is 0.235. The summed E-state index contributed by atoms with van der Waals surface area (Å²) in [6, 6.07) is 16.4. The Morgan fingerprint density at radius 3 is 2.54 bits per heavy atom. The van der Waals surface area contributed by atoms with E-state index in [1.165, 1.54) is 10.3 Å². The van der Waals surface area contributed by atoms with E-state index >= 15 is 0 Å². The summed E-state index contributed by atoms with van der Waals surface area (Å²) in [5, 5.41) is 1.16. The number of aromatic nitrogens is 1. The average molecular weight is 366 g/mol. The highest BCUT2D eigenvalue weighted by Gasteiger charge is 2.22. The molecule has 0 aliphatic carbocycles. The van der Waals surface area contributed by atoms with E-state index in [2.05, 4.69) is 42.2 Å². The molecule has 1 aliphatic heterocycles. The maximum atomic E-state index is 12.6. The van der Waals surface area contributed by atoms with Crippen molar-refractivity contribution in [2.45, 2.75) is 19.9 Å². The highest BCUT2D eigenvalue weighted by atomic mass is 32.1. The first-order valence-corrected chi connectivity index (χ1v) is 9.90. The maximum absolute atomic E-state index is 12.6. The number of benzene rings is 2. The van der Waals surface area contributed by atoms with E-state index in [0.29, 0.717) is 6.42 Å². The van der Waals surface area contributed by atoms with Gasteiger partial charge in [0.05, 0.1) is 23.2 Å². The van der Waals surface area contributed by atoms with Crippen LogP contribution in [0, 0.1) is 6.92 Å². The smallest absolute Gasteiger partial charge is 0.227 e. The van der Waals surface area contributed by atoms with E-state index in [4.69, 9.17) is 4.98 Å². The lowest BCUT2D eigenvalue weighted by molar-refractivity contribution is -0.132. The minimum Gasteiger partial charge on any atom is -0.340 e. The molecule has 1 aliphatic rings. The number of para-hydroxylation sites is 1. The Labute approximate surface area is 158 Å². The van der Waals surface area contributed by atoms with Gasteiger partial charge in [-0.25, -0.2) is 4.98 Å². The van der Waals surface area contributed by atoms with Gasteiger partial charge in [-0.1, -0.05) is 36.4 Å². The maximum Gasteiger partial charge on any atom is 0.227 e. The predicted molar refractivity (Wildman–Crippen MR) is 106 cm³/mol. The molecular formula is C21H23N3OS.